The lowest BCUT2D eigenvalue weighted by Crippen LogP contribution is -2.46. The van der Waals surface area contributed by atoms with Crippen LogP contribution in [-0.2, 0) is 9.59 Å². The lowest BCUT2D eigenvalue weighted by molar-refractivity contribution is -0.126. The van der Waals surface area contributed by atoms with E-state index in [9.17, 15) is 9.59 Å². The molecule has 0 bridgehead atoms. The number of nitrogens with one attached hydrogen (secondary N) is 1. The molecule has 12 heavy (non-hydrogen) atoms. The minimum Gasteiger partial charge on any atom is -0.345 e. The third kappa shape index (κ3) is 3.69. The third-order valence-electron chi connectivity index (χ3n) is 1.39. The maximum absolute atomic E-state index is 10.9. The lowest BCUT2D eigenvalue weighted by atomic mass is 10.2. The van der Waals surface area contributed by atoms with Crippen molar-refractivity contribution < 1.29 is 9.59 Å². The molecule has 0 aliphatic heterocycles. The molecule has 0 aromatic heterocycles. The summed E-state index contributed by atoms with van der Waals surface area (Å²) in [6, 6.07) is -1.16. The standard InChI is InChI=1S/C7H13ClN2O2/c1-4(9)7(12)10-5(2)6(11)3-8/h4-5H,3,9H2,1-2H3,(H,10,12). The first-order valence-electron chi connectivity index (χ1n) is 3.63. The number of Topliss-reactive ketones (excluding diaryl/α,β-unsaturated/α-hetero) is 1. The van der Waals surface area contributed by atoms with Gasteiger partial charge in [-0.2, -0.15) is 0 Å². The van der Waals surface area contributed by atoms with E-state index in [0.717, 1.165) is 0 Å². The number of alkyl halides is 1. The van der Waals surface area contributed by atoms with Crippen molar-refractivity contribution in [3.8, 4) is 0 Å². The molecule has 0 saturated heterocycles. The summed E-state index contributed by atoms with van der Waals surface area (Å²) in [5.74, 6) is -0.660. The Labute approximate surface area is 76.4 Å². The molecule has 0 saturated carbocycles. The molecule has 0 spiro atoms. The van der Waals surface area contributed by atoms with Crippen LogP contribution in [-0.4, -0.2) is 29.7 Å². The number of rotatable bonds is 4. The fourth-order valence-electron chi connectivity index (χ4n) is 0.541. The molecule has 0 fully saturated rings. The van der Waals surface area contributed by atoms with Gasteiger partial charge in [-0.25, -0.2) is 0 Å². The highest BCUT2D eigenvalue weighted by Gasteiger charge is 2.15. The summed E-state index contributed by atoms with van der Waals surface area (Å²) in [6.45, 7) is 3.12. The summed E-state index contributed by atoms with van der Waals surface area (Å²) in [5.41, 5.74) is 5.27. The summed E-state index contributed by atoms with van der Waals surface area (Å²) in [6.07, 6.45) is 0. The van der Waals surface area contributed by atoms with Crippen LogP contribution < -0.4 is 11.1 Å². The minimum atomic E-state index is -0.601. The minimum absolute atomic E-state index is 0.0968. The maximum atomic E-state index is 10.9. The summed E-state index contributed by atoms with van der Waals surface area (Å²) in [7, 11) is 0. The molecule has 5 heteroatoms. The van der Waals surface area contributed by atoms with E-state index in [2.05, 4.69) is 5.32 Å². The number of ketones is 1. The first kappa shape index (κ1) is 11.4. The molecule has 0 aromatic rings. The van der Waals surface area contributed by atoms with Crippen LogP contribution in [0.3, 0.4) is 0 Å². The molecule has 70 valence electrons. The van der Waals surface area contributed by atoms with Crippen LogP contribution in [0.1, 0.15) is 13.8 Å². The van der Waals surface area contributed by atoms with Gasteiger partial charge in [0.2, 0.25) is 5.91 Å². The predicted octanol–water partition coefficient (Wildman–Crippen LogP) is -0.354. The smallest absolute Gasteiger partial charge is 0.237 e. The van der Waals surface area contributed by atoms with Gasteiger partial charge in [0.05, 0.1) is 18.0 Å². The first-order chi connectivity index (χ1) is 5.49. The topological polar surface area (TPSA) is 72.2 Å². The zero-order chi connectivity index (χ0) is 9.72. The molecule has 2 unspecified atom stereocenters. The number of hydrogen-bond donors (Lipinski definition) is 2. The van der Waals surface area contributed by atoms with E-state index in [4.69, 9.17) is 17.3 Å². The van der Waals surface area contributed by atoms with Gasteiger partial charge in [-0.1, -0.05) is 0 Å². The van der Waals surface area contributed by atoms with E-state index in [0.29, 0.717) is 0 Å². The lowest BCUT2D eigenvalue weighted by Gasteiger charge is -2.12. The molecule has 3 N–H and O–H groups in total. The fraction of sp³-hybridized carbons (Fsp3) is 0.714. The van der Waals surface area contributed by atoms with Crippen molar-refractivity contribution in [3.05, 3.63) is 0 Å². The number of hydrogen-bond acceptors (Lipinski definition) is 3. The SMILES string of the molecule is CC(N)C(=O)NC(C)C(=O)CCl. The van der Waals surface area contributed by atoms with Crippen LogP contribution in [0.2, 0.25) is 0 Å². The van der Waals surface area contributed by atoms with Crippen LogP contribution in [0, 0.1) is 0 Å². The Morgan fingerprint density at radius 3 is 2.33 bits per heavy atom. The van der Waals surface area contributed by atoms with Crippen molar-refractivity contribution >= 4 is 23.3 Å². The number of carbonyl (C=O) groups excluding carboxylic acids is 2. The number of amides is 1. The van der Waals surface area contributed by atoms with E-state index in [1.54, 1.807) is 13.8 Å². The summed E-state index contributed by atoms with van der Waals surface area (Å²) in [5, 5.41) is 2.43. The van der Waals surface area contributed by atoms with Gasteiger partial charge < -0.3 is 11.1 Å². The van der Waals surface area contributed by atoms with E-state index < -0.39 is 12.1 Å². The van der Waals surface area contributed by atoms with Crippen molar-refractivity contribution in [2.24, 2.45) is 5.73 Å². The predicted molar refractivity (Wildman–Crippen MR) is 47.0 cm³/mol. The quantitative estimate of drug-likeness (QED) is 0.598. The highest BCUT2D eigenvalue weighted by atomic mass is 35.5. The molecule has 0 rings (SSSR count). The van der Waals surface area contributed by atoms with Crippen LogP contribution in [0.4, 0.5) is 0 Å². The number of halogens is 1. The van der Waals surface area contributed by atoms with Crippen LogP contribution >= 0.6 is 11.6 Å². The van der Waals surface area contributed by atoms with Crippen LogP contribution in [0.5, 0.6) is 0 Å². The Balaban J connectivity index is 3.92. The van der Waals surface area contributed by atoms with Crippen LogP contribution in [0.15, 0.2) is 0 Å². The second-order valence-electron chi connectivity index (χ2n) is 2.62. The maximum Gasteiger partial charge on any atom is 0.237 e. The third-order valence-corrected chi connectivity index (χ3v) is 1.65. The van der Waals surface area contributed by atoms with Crippen molar-refractivity contribution in [2.75, 3.05) is 5.88 Å². The van der Waals surface area contributed by atoms with Gasteiger partial charge in [0.25, 0.3) is 0 Å². The Morgan fingerprint density at radius 1 is 1.50 bits per heavy atom. The fourth-order valence-corrected chi connectivity index (χ4v) is 0.773. The van der Waals surface area contributed by atoms with Crippen molar-refractivity contribution in [1.82, 2.24) is 5.32 Å². The molecule has 0 aliphatic rings. The largest absolute Gasteiger partial charge is 0.345 e. The zero-order valence-corrected chi connectivity index (χ0v) is 7.89. The van der Waals surface area contributed by atoms with Gasteiger partial charge in [0.15, 0.2) is 5.78 Å². The first-order valence-corrected chi connectivity index (χ1v) is 4.17. The van der Waals surface area contributed by atoms with E-state index in [1.807, 2.05) is 0 Å². The average Bonchev–Trinajstić information content (AvgIpc) is 2.02. The van der Waals surface area contributed by atoms with Crippen molar-refractivity contribution in [3.63, 3.8) is 0 Å². The molecule has 0 aromatic carbocycles. The monoisotopic (exact) mass is 192 g/mol. The number of nitrogens with two attached hydrogens (primary N) is 1. The highest BCUT2D eigenvalue weighted by molar-refractivity contribution is 6.28. The van der Waals surface area contributed by atoms with E-state index in [1.165, 1.54) is 0 Å². The zero-order valence-electron chi connectivity index (χ0n) is 7.13. The van der Waals surface area contributed by atoms with Crippen molar-refractivity contribution in [2.45, 2.75) is 25.9 Å². The second-order valence-corrected chi connectivity index (χ2v) is 2.89. The Bertz CT molecular complexity index is 182. The highest BCUT2D eigenvalue weighted by Crippen LogP contribution is 1.89. The molecular weight excluding hydrogens is 180 g/mol. The van der Waals surface area contributed by atoms with Gasteiger partial charge in [0.1, 0.15) is 0 Å². The van der Waals surface area contributed by atoms with Gasteiger partial charge in [0, 0.05) is 0 Å². The Kier molecular flexibility index (Phi) is 4.85. The number of carbonyl (C=O) groups is 2. The van der Waals surface area contributed by atoms with Gasteiger partial charge in [-0.15, -0.1) is 11.6 Å². The van der Waals surface area contributed by atoms with Crippen LogP contribution in [0.25, 0.3) is 0 Å². The van der Waals surface area contributed by atoms with E-state index >= 15 is 0 Å². The molecular formula is C7H13ClN2O2. The molecule has 0 heterocycles. The summed E-state index contributed by atoms with van der Waals surface area (Å²) in [4.78, 5) is 21.8. The second kappa shape index (κ2) is 5.11. The average molecular weight is 193 g/mol. The molecule has 0 aliphatic carbocycles. The van der Waals surface area contributed by atoms with Crippen molar-refractivity contribution in [1.29, 1.82) is 0 Å². The van der Waals surface area contributed by atoms with E-state index in [-0.39, 0.29) is 17.6 Å². The molecule has 1 amide bonds. The summed E-state index contributed by atoms with van der Waals surface area (Å²) >= 11 is 5.28. The van der Waals surface area contributed by atoms with Gasteiger partial charge in [-0.05, 0) is 13.8 Å². The molecule has 2 atom stereocenters. The molecule has 0 radical (unpaired) electrons. The Morgan fingerprint density at radius 2 is 2.00 bits per heavy atom. The Hall–Kier alpha value is -0.610. The summed E-state index contributed by atoms with van der Waals surface area (Å²) < 4.78 is 0. The normalized spacial score (nSPS) is 15.0. The van der Waals surface area contributed by atoms with Gasteiger partial charge >= 0.3 is 0 Å². The van der Waals surface area contributed by atoms with Gasteiger partial charge in [-0.3, -0.25) is 9.59 Å². The molecule has 4 nitrogen and oxygen atoms in total.